The van der Waals surface area contributed by atoms with Gasteiger partial charge in [0, 0.05) is 51.1 Å². The molecule has 1 saturated heterocycles. The van der Waals surface area contributed by atoms with Crippen molar-refractivity contribution in [3.05, 3.63) is 17.1 Å². The molecule has 1 aliphatic carbocycles. The maximum Gasteiger partial charge on any atom is 0.225 e. The number of likely N-dealkylation sites (N-methyl/N-ethyl adjacent to an activating group) is 1. The fraction of sp³-hybridized carbons (Fsp3) is 0.762. The van der Waals surface area contributed by atoms with Gasteiger partial charge in [-0.1, -0.05) is 19.3 Å². The van der Waals surface area contributed by atoms with Gasteiger partial charge in [0.1, 0.15) is 11.6 Å². The number of carbonyl (C=O) groups is 1. The third-order valence-electron chi connectivity index (χ3n) is 6.68. The first-order chi connectivity index (χ1) is 13.5. The molecule has 2 N–H and O–H groups in total. The molecule has 7 heteroatoms. The summed E-state index contributed by atoms with van der Waals surface area (Å²) in [6.07, 6.45) is 6.83. The van der Waals surface area contributed by atoms with E-state index >= 15 is 0 Å². The zero-order valence-corrected chi connectivity index (χ0v) is 17.2. The average Bonchev–Trinajstić information content (AvgIpc) is 3.18. The van der Waals surface area contributed by atoms with E-state index < -0.39 is 5.60 Å². The first-order valence-corrected chi connectivity index (χ1v) is 10.7. The summed E-state index contributed by atoms with van der Waals surface area (Å²) in [5.74, 6) is 2.05. The molecule has 0 radical (unpaired) electrons. The van der Waals surface area contributed by atoms with Gasteiger partial charge in [-0.05, 0) is 26.3 Å². The molecule has 2 aliphatic heterocycles. The molecule has 3 heterocycles. The molecule has 1 saturated carbocycles. The van der Waals surface area contributed by atoms with Gasteiger partial charge in [0.25, 0.3) is 0 Å². The van der Waals surface area contributed by atoms with Crippen molar-refractivity contribution in [3.8, 4) is 0 Å². The number of nitrogens with zero attached hydrogens (tertiary/aromatic N) is 4. The predicted octanol–water partition coefficient (Wildman–Crippen LogP) is 1.91. The third-order valence-corrected chi connectivity index (χ3v) is 6.68. The van der Waals surface area contributed by atoms with Gasteiger partial charge in [0.05, 0.1) is 17.7 Å². The molecule has 0 unspecified atom stereocenters. The van der Waals surface area contributed by atoms with E-state index in [1.54, 1.807) is 0 Å². The van der Waals surface area contributed by atoms with E-state index in [-0.39, 0.29) is 18.2 Å². The van der Waals surface area contributed by atoms with Crippen molar-refractivity contribution in [3.63, 3.8) is 0 Å². The van der Waals surface area contributed by atoms with Gasteiger partial charge in [-0.2, -0.15) is 0 Å². The summed E-state index contributed by atoms with van der Waals surface area (Å²) in [5.41, 5.74) is 1.56. The Balaban J connectivity index is 1.44. The van der Waals surface area contributed by atoms with Crippen molar-refractivity contribution in [2.75, 3.05) is 39.0 Å². The topological polar surface area (TPSA) is 81.6 Å². The van der Waals surface area contributed by atoms with Crippen LogP contribution in [0.15, 0.2) is 0 Å². The Labute approximate surface area is 167 Å². The number of aliphatic hydroxyl groups is 1. The normalized spacial score (nSPS) is 24.8. The molecule has 1 atom stereocenters. The number of hydrogen-bond donors (Lipinski definition) is 2. The number of nitrogens with one attached hydrogen (secondary N) is 1. The standard InChI is InChI=1S/C21H33N5O2/c1-22-20-16-14-25(2)10-7-17(16)23-19(24-20)15-6-11-26(13-15)18(27)12-21(28)8-4-3-5-9-21/h15,28H,3-14H2,1-2H3,(H,22,23,24)/t15-/m0/s1. The van der Waals surface area contributed by atoms with Crippen LogP contribution in [-0.4, -0.2) is 70.1 Å². The van der Waals surface area contributed by atoms with E-state index in [1.165, 1.54) is 12.0 Å². The Hall–Kier alpha value is -1.73. The fourth-order valence-electron chi connectivity index (χ4n) is 4.93. The minimum Gasteiger partial charge on any atom is -0.389 e. The molecule has 2 fully saturated rings. The van der Waals surface area contributed by atoms with Crippen LogP contribution in [0.5, 0.6) is 0 Å². The number of carbonyl (C=O) groups excluding carboxylic acids is 1. The SMILES string of the molecule is CNc1nc([C@H]2CCN(C(=O)CC3(O)CCCCC3)C2)nc2c1CN(C)CC2. The Bertz CT molecular complexity index is 715. The first-order valence-electron chi connectivity index (χ1n) is 10.7. The molecule has 154 valence electrons. The van der Waals surface area contributed by atoms with Crippen LogP contribution in [0.2, 0.25) is 0 Å². The second-order valence-corrected chi connectivity index (χ2v) is 8.88. The van der Waals surface area contributed by atoms with E-state index in [1.807, 2.05) is 11.9 Å². The molecule has 1 amide bonds. The molecule has 0 spiro atoms. The van der Waals surface area contributed by atoms with Crippen molar-refractivity contribution >= 4 is 11.7 Å². The van der Waals surface area contributed by atoms with Gasteiger partial charge in [0.2, 0.25) is 5.91 Å². The number of fused-ring (bicyclic) bond motifs is 1. The summed E-state index contributed by atoms with van der Waals surface area (Å²) in [6, 6.07) is 0. The van der Waals surface area contributed by atoms with Gasteiger partial charge in [-0.25, -0.2) is 9.97 Å². The van der Waals surface area contributed by atoms with Crippen molar-refractivity contribution in [2.24, 2.45) is 0 Å². The Morgan fingerprint density at radius 3 is 2.79 bits per heavy atom. The number of likely N-dealkylation sites (tertiary alicyclic amines) is 1. The smallest absolute Gasteiger partial charge is 0.225 e. The monoisotopic (exact) mass is 387 g/mol. The first kappa shape index (κ1) is 19.6. The van der Waals surface area contributed by atoms with Crippen molar-refractivity contribution in [1.82, 2.24) is 19.8 Å². The lowest BCUT2D eigenvalue weighted by Crippen LogP contribution is -2.39. The molecule has 1 aromatic heterocycles. The highest BCUT2D eigenvalue weighted by atomic mass is 16.3. The van der Waals surface area contributed by atoms with E-state index in [0.29, 0.717) is 6.54 Å². The average molecular weight is 388 g/mol. The quantitative estimate of drug-likeness (QED) is 0.821. The van der Waals surface area contributed by atoms with Crippen LogP contribution >= 0.6 is 0 Å². The molecule has 7 nitrogen and oxygen atoms in total. The minimum atomic E-state index is -0.791. The number of rotatable bonds is 4. The zero-order chi connectivity index (χ0) is 19.7. The maximum atomic E-state index is 12.8. The fourth-order valence-corrected chi connectivity index (χ4v) is 4.93. The molecule has 3 aliphatic rings. The van der Waals surface area contributed by atoms with Crippen molar-refractivity contribution < 1.29 is 9.90 Å². The maximum absolute atomic E-state index is 12.8. The molecule has 28 heavy (non-hydrogen) atoms. The van der Waals surface area contributed by atoms with E-state index in [9.17, 15) is 9.90 Å². The van der Waals surface area contributed by atoms with Crippen molar-refractivity contribution in [2.45, 2.75) is 69.4 Å². The summed E-state index contributed by atoms with van der Waals surface area (Å²) in [7, 11) is 4.04. The van der Waals surface area contributed by atoms with Gasteiger partial charge in [0.15, 0.2) is 0 Å². The van der Waals surface area contributed by atoms with E-state index in [2.05, 4.69) is 17.3 Å². The summed E-state index contributed by atoms with van der Waals surface area (Å²) in [4.78, 5) is 26.7. The van der Waals surface area contributed by atoms with E-state index in [4.69, 9.17) is 9.97 Å². The van der Waals surface area contributed by atoms with Gasteiger partial charge in [-0.15, -0.1) is 0 Å². The summed E-state index contributed by atoms with van der Waals surface area (Å²) in [6.45, 7) is 3.29. The Kier molecular flexibility index (Phi) is 5.56. The van der Waals surface area contributed by atoms with Crippen LogP contribution in [0.4, 0.5) is 5.82 Å². The second kappa shape index (κ2) is 7.95. The van der Waals surface area contributed by atoms with Crippen LogP contribution in [0.3, 0.4) is 0 Å². The number of aromatic nitrogens is 2. The lowest BCUT2D eigenvalue weighted by Gasteiger charge is -2.32. The summed E-state index contributed by atoms with van der Waals surface area (Å²) < 4.78 is 0. The largest absolute Gasteiger partial charge is 0.389 e. The molecule has 4 rings (SSSR count). The highest BCUT2D eigenvalue weighted by molar-refractivity contribution is 5.77. The molecule has 0 aromatic carbocycles. The van der Waals surface area contributed by atoms with Crippen LogP contribution < -0.4 is 5.32 Å². The Morgan fingerprint density at radius 2 is 2.04 bits per heavy atom. The van der Waals surface area contributed by atoms with Crippen molar-refractivity contribution in [1.29, 1.82) is 0 Å². The molecular formula is C21H33N5O2. The zero-order valence-electron chi connectivity index (χ0n) is 17.2. The summed E-state index contributed by atoms with van der Waals surface area (Å²) in [5, 5.41) is 14.0. The lowest BCUT2D eigenvalue weighted by molar-refractivity contribution is -0.136. The highest BCUT2D eigenvalue weighted by Crippen LogP contribution is 2.34. The highest BCUT2D eigenvalue weighted by Gasteiger charge is 2.36. The lowest BCUT2D eigenvalue weighted by atomic mass is 9.82. The van der Waals surface area contributed by atoms with Gasteiger partial charge >= 0.3 is 0 Å². The van der Waals surface area contributed by atoms with E-state index in [0.717, 1.165) is 75.5 Å². The van der Waals surface area contributed by atoms with Crippen LogP contribution in [0, 0.1) is 0 Å². The van der Waals surface area contributed by atoms with Crippen LogP contribution in [0.1, 0.15) is 67.9 Å². The summed E-state index contributed by atoms with van der Waals surface area (Å²) >= 11 is 0. The predicted molar refractivity (Wildman–Crippen MR) is 108 cm³/mol. The van der Waals surface area contributed by atoms with Crippen LogP contribution in [-0.2, 0) is 17.8 Å². The van der Waals surface area contributed by atoms with Gasteiger partial charge in [-0.3, -0.25) is 4.79 Å². The molecular weight excluding hydrogens is 354 g/mol. The van der Waals surface area contributed by atoms with Gasteiger partial charge < -0.3 is 20.2 Å². The molecule has 0 bridgehead atoms. The van der Waals surface area contributed by atoms with Crippen LogP contribution in [0.25, 0.3) is 0 Å². The minimum absolute atomic E-state index is 0.0836. The number of amides is 1. The number of hydrogen-bond acceptors (Lipinski definition) is 6. The Morgan fingerprint density at radius 1 is 1.25 bits per heavy atom. The molecule has 1 aromatic rings. The number of anilines is 1. The third kappa shape index (κ3) is 4.01. The second-order valence-electron chi connectivity index (χ2n) is 8.88.